The largest absolute Gasteiger partial charge is 0.495 e. The molecule has 45 heavy (non-hydrogen) atoms. The molecule has 0 bridgehead atoms. The van der Waals surface area contributed by atoms with Crippen LogP contribution in [0.1, 0.15) is 12.8 Å². The number of anilines is 4. The second kappa shape index (κ2) is 12.9. The number of nitrogens with zero attached hydrogens (tertiary/aromatic N) is 5. The van der Waals surface area contributed by atoms with Crippen LogP contribution in [0.5, 0.6) is 17.2 Å². The molecule has 10 nitrogen and oxygen atoms in total. The molecule has 2 aliphatic rings. The first kappa shape index (κ1) is 30.0. The van der Waals surface area contributed by atoms with E-state index < -0.39 is 18.2 Å². The molecule has 2 aliphatic heterocycles. The Kier molecular flexibility index (Phi) is 8.58. The lowest BCUT2D eigenvalue weighted by molar-refractivity contribution is -0.126. The van der Waals surface area contributed by atoms with Crippen LogP contribution in [0, 0.1) is 5.82 Å². The summed E-state index contributed by atoms with van der Waals surface area (Å²) in [6.45, 7) is 4.62. The Hall–Kier alpha value is -5.07. The summed E-state index contributed by atoms with van der Waals surface area (Å²) in [5, 5.41) is 7.23. The van der Waals surface area contributed by atoms with Gasteiger partial charge >= 0.3 is 0 Å². The molecule has 4 heterocycles. The Balaban J connectivity index is 1.18. The number of hydrogen-bond donors (Lipinski definition) is 2. The molecule has 2 atom stereocenters. The van der Waals surface area contributed by atoms with Gasteiger partial charge in [-0.2, -0.15) is 0 Å². The molecule has 6 rings (SSSR count). The van der Waals surface area contributed by atoms with E-state index in [1.165, 1.54) is 35.6 Å². The van der Waals surface area contributed by atoms with Crippen LogP contribution >= 0.6 is 0 Å². The van der Waals surface area contributed by atoms with E-state index in [1.807, 2.05) is 6.07 Å². The molecule has 2 N–H and O–H groups in total. The van der Waals surface area contributed by atoms with E-state index in [2.05, 4.69) is 32.2 Å². The number of ether oxygens (including phenoxy) is 2. The molecule has 2 fully saturated rings. The second-order valence-electron chi connectivity index (χ2n) is 10.9. The predicted octanol–water partition coefficient (Wildman–Crippen LogP) is 5.79. The maximum atomic E-state index is 15.3. The van der Waals surface area contributed by atoms with Crippen LogP contribution in [0.4, 0.5) is 36.2 Å². The van der Waals surface area contributed by atoms with Crippen LogP contribution in [0.25, 0.3) is 10.9 Å². The van der Waals surface area contributed by atoms with Gasteiger partial charge < -0.3 is 29.9 Å². The minimum atomic E-state index is -1.57. The highest BCUT2D eigenvalue weighted by atomic mass is 19.2. The zero-order valence-corrected chi connectivity index (χ0v) is 24.6. The van der Waals surface area contributed by atoms with Crippen molar-refractivity contribution in [2.24, 2.45) is 0 Å². The van der Waals surface area contributed by atoms with Gasteiger partial charge in [-0.1, -0.05) is 6.58 Å². The van der Waals surface area contributed by atoms with Gasteiger partial charge in [0.25, 0.3) is 0 Å². The number of methoxy groups -OCH3 is 1. The van der Waals surface area contributed by atoms with Crippen molar-refractivity contribution in [1.29, 1.82) is 0 Å². The highest BCUT2D eigenvalue weighted by Gasteiger charge is 2.33. The van der Waals surface area contributed by atoms with Crippen LogP contribution < -0.4 is 25.0 Å². The normalized spacial score (nSPS) is 18.6. The van der Waals surface area contributed by atoms with Crippen LogP contribution in [0.2, 0.25) is 0 Å². The summed E-state index contributed by atoms with van der Waals surface area (Å²) in [4.78, 5) is 28.2. The Morgan fingerprint density at radius 3 is 2.47 bits per heavy atom. The average Bonchev–Trinajstić information content (AvgIpc) is 3.40. The molecule has 2 aromatic carbocycles. The van der Waals surface area contributed by atoms with Gasteiger partial charge in [0.15, 0.2) is 12.3 Å². The van der Waals surface area contributed by atoms with E-state index in [-0.39, 0.29) is 36.5 Å². The standard InChI is InChI=1S/C32H32F3N7O3/c1-3-31(43)41-10-7-19(8-11-41)39-28-14-22-27(15-29(28)44-2)37-18-38-32(22)40-26-5-4-20(12-23(26)33)45-21-6-9-36-30(13-21)42-16-24(34)25(35)17-42/h3-6,9,12-15,18-19,24-25,39H,1,7-8,10-11,16-17H2,2H3,(H,37,38,40)/t24-,25+. The fourth-order valence-corrected chi connectivity index (χ4v) is 5.53. The predicted molar refractivity (Wildman–Crippen MR) is 166 cm³/mol. The molecule has 0 saturated carbocycles. The summed E-state index contributed by atoms with van der Waals surface area (Å²) in [5.74, 6) is 1.30. The number of piperidine rings is 1. The van der Waals surface area contributed by atoms with E-state index in [0.717, 1.165) is 18.5 Å². The number of likely N-dealkylation sites (tertiary alicyclic amines) is 1. The van der Waals surface area contributed by atoms with Crippen molar-refractivity contribution in [3.63, 3.8) is 0 Å². The highest BCUT2D eigenvalue weighted by Crippen LogP contribution is 2.35. The third kappa shape index (κ3) is 6.56. The second-order valence-corrected chi connectivity index (χ2v) is 10.9. The topological polar surface area (TPSA) is 105 Å². The summed E-state index contributed by atoms with van der Waals surface area (Å²) >= 11 is 0. The number of alkyl halides is 2. The lowest BCUT2D eigenvalue weighted by Gasteiger charge is -2.32. The van der Waals surface area contributed by atoms with E-state index in [9.17, 15) is 13.6 Å². The molecular formula is C32H32F3N7O3. The van der Waals surface area contributed by atoms with Crippen LogP contribution in [0.15, 0.2) is 67.6 Å². The Morgan fingerprint density at radius 2 is 1.76 bits per heavy atom. The first-order chi connectivity index (χ1) is 21.8. The van der Waals surface area contributed by atoms with Gasteiger partial charge in [0.1, 0.15) is 41.0 Å². The number of carbonyl (C=O) groups is 1. The maximum absolute atomic E-state index is 15.3. The molecule has 0 radical (unpaired) electrons. The van der Waals surface area contributed by atoms with Crippen molar-refractivity contribution < 1.29 is 27.4 Å². The van der Waals surface area contributed by atoms with Gasteiger partial charge in [-0.3, -0.25) is 4.79 Å². The summed E-state index contributed by atoms with van der Waals surface area (Å²) in [6, 6.07) is 11.3. The lowest BCUT2D eigenvalue weighted by atomic mass is 10.0. The minimum absolute atomic E-state index is 0.0738. The number of nitrogens with one attached hydrogen (secondary N) is 2. The Morgan fingerprint density at radius 1 is 1.00 bits per heavy atom. The SMILES string of the molecule is C=CC(=O)N1CCC(Nc2cc3c(Nc4ccc(Oc5ccnc(N6C[C@@H](F)[C@@H](F)C6)c5)cc4F)ncnc3cc2OC)CC1. The number of hydrogen-bond acceptors (Lipinski definition) is 9. The Labute approximate surface area is 257 Å². The number of pyridine rings is 1. The summed E-state index contributed by atoms with van der Waals surface area (Å²) in [5.41, 5.74) is 1.50. The van der Waals surface area contributed by atoms with Gasteiger partial charge in [-0.05, 0) is 43.2 Å². The van der Waals surface area contributed by atoms with Crippen molar-refractivity contribution in [1.82, 2.24) is 19.9 Å². The highest BCUT2D eigenvalue weighted by molar-refractivity contribution is 5.95. The Bertz CT molecular complexity index is 1710. The molecule has 4 aromatic rings. The fourth-order valence-electron chi connectivity index (χ4n) is 5.53. The summed E-state index contributed by atoms with van der Waals surface area (Å²) < 4.78 is 54.1. The number of aromatic nitrogens is 3. The zero-order valence-electron chi connectivity index (χ0n) is 24.6. The van der Waals surface area contributed by atoms with E-state index in [4.69, 9.17) is 9.47 Å². The molecule has 1 amide bonds. The van der Waals surface area contributed by atoms with Crippen molar-refractivity contribution >= 4 is 39.8 Å². The molecule has 0 spiro atoms. The fraction of sp³-hybridized carbons (Fsp3) is 0.312. The third-order valence-corrected chi connectivity index (χ3v) is 7.95. The molecule has 0 aliphatic carbocycles. The maximum Gasteiger partial charge on any atom is 0.245 e. The number of benzene rings is 2. The smallest absolute Gasteiger partial charge is 0.245 e. The number of halogens is 3. The number of fused-ring (bicyclic) bond motifs is 1. The van der Waals surface area contributed by atoms with Gasteiger partial charge in [0, 0.05) is 48.9 Å². The first-order valence-corrected chi connectivity index (χ1v) is 14.6. The molecule has 234 valence electrons. The van der Waals surface area contributed by atoms with Gasteiger partial charge in [-0.25, -0.2) is 28.1 Å². The molecule has 2 saturated heterocycles. The quantitative estimate of drug-likeness (QED) is 0.225. The number of rotatable bonds is 9. The molecule has 2 aromatic heterocycles. The molecule has 0 unspecified atom stereocenters. The van der Waals surface area contributed by atoms with Gasteiger partial charge in [-0.15, -0.1) is 0 Å². The van der Waals surface area contributed by atoms with E-state index in [1.54, 1.807) is 36.3 Å². The van der Waals surface area contributed by atoms with Gasteiger partial charge in [0.05, 0.1) is 37.1 Å². The lowest BCUT2D eigenvalue weighted by Crippen LogP contribution is -2.41. The first-order valence-electron chi connectivity index (χ1n) is 14.6. The van der Waals surface area contributed by atoms with Crippen molar-refractivity contribution in [2.45, 2.75) is 31.2 Å². The summed E-state index contributed by atoms with van der Waals surface area (Å²) in [7, 11) is 1.58. The van der Waals surface area contributed by atoms with Crippen LogP contribution in [-0.2, 0) is 4.79 Å². The third-order valence-electron chi connectivity index (χ3n) is 7.95. The van der Waals surface area contributed by atoms with Crippen molar-refractivity contribution in [2.75, 3.05) is 48.8 Å². The number of amides is 1. The minimum Gasteiger partial charge on any atom is -0.495 e. The number of carbonyl (C=O) groups excluding carboxylic acids is 1. The average molecular weight is 620 g/mol. The van der Waals surface area contributed by atoms with Gasteiger partial charge in [0.2, 0.25) is 5.91 Å². The molecule has 13 heteroatoms. The monoisotopic (exact) mass is 619 g/mol. The molecular weight excluding hydrogens is 587 g/mol. The van der Waals surface area contributed by atoms with Crippen LogP contribution in [0.3, 0.4) is 0 Å². The summed E-state index contributed by atoms with van der Waals surface area (Å²) in [6.07, 6.45) is 2.56. The van der Waals surface area contributed by atoms with Crippen LogP contribution in [-0.4, -0.2) is 77.4 Å². The van der Waals surface area contributed by atoms with Crippen molar-refractivity contribution in [3.8, 4) is 17.2 Å². The van der Waals surface area contributed by atoms with E-state index in [0.29, 0.717) is 47.1 Å². The van der Waals surface area contributed by atoms with Crippen molar-refractivity contribution in [3.05, 3.63) is 73.5 Å². The van der Waals surface area contributed by atoms with E-state index >= 15 is 4.39 Å². The zero-order chi connectivity index (χ0) is 31.5.